The molecule has 2 aromatic rings. The number of ether oxygens (including phenoxy) is 2. The van der Waals surface area contributed by atoms with Crippen molar-refractivity contribution in [2.45, 2.75) is 67.2 Å². The molecule has 0 aromatic heterocycles. The molecule has 0 aliphatic carbocycles. The number of hydrogen-bond donors (Lipinski definition) is 0. The molecular weight excluding hydrogens is 379 g/mol. The molecule has 0 spiro atoms. The van der Waals surface area contributed by atoms with Crippen LogP contribution < -0.4 is 29.2 Å². The van der Waals surface area contributed by atoms with E-state index in [4.69, 9.17) is 9.47 Å². The molecule has 2 aromatic carbocycles. The maximum absolute atomic E-state index is 4.94. The summed E-state index contributed by atoms with van der Waals surface area (Å²) in [5.74, 6) is 0. The third-order valence-electron chi connectivity index (χ3n) is 5.26. The van der Waals surface area contributed by atoms with Gasteiger partial charge >= 0.3 is 18.9 Å². The molecule has 0 unspecified atom stereocenters. The first kappa shape index (κ1) is 27.2. The van der Waals surface area contributed by atoms with E-state index < -0.39 is 0 Å². The second-order valence-electron chi connectivity index (χ2n) is 8.31. The van der Waals surface area contributed by atoms with Crippen LogP contribution in [-0.4, -0.2) is 35.9 Å². The average Bonchev–Trinajstić information content (AvgIpc) is 3.38. The number of rotatable bonds is 2. The normalized spacial score (nSPS) is 14.7. The monoisotopic (exact) mass is 417 g/mol. The summed E-state index contributed by atoms with van der Waals surface area (Å²) in [6.07, 6.45) is 5.11. The molecular formula is C26H38LiO2Si. The molecule has 2 fully saturated rings. The third kappa shape index (κ3) is 9.12. The Morgan fingerprint density at radius 2 is 0.800 bits per heavy atom. The van der Waals surface area contributed by atoms with Gasteiger partial charge in [0.1, 0.15) is 0 Å². The molecule has 2 nitrogen and oxygen atoms in total. The first-order valence-electron chi connectivity index (χ1n) is 11.0. The Hall–Kier alpha value is -0.826. The quantitative estimate of drug-likeness (QED) is 0.694. The van der Waals surface area contributed by atoms with Crippen LogP contribution in [0.15, 0.2) is 24.3 Å². The van der Waals surface area contributed by atoms with Crippen LogP contribution in [0.4, 0.5) is 0 Å². The fourth-order valence-electron chi connectivity index (χ4n) is 3.90. The molecule has 159 valence electrons. The Labute approximate surface area is 199 Å². The van der Waals surface area contributed by atoms with Crippen molar-refractivity contribution < 1.29 is 28.3 Å². The predicted molar refractivity (Wildman–Crippen MR) is 126 cm³/mol. The summed E-state index contributed by atoms with van der Waals surface area (Å²) in [7, 11) is 0.765. The van der Waals surface area contributed by atoms with Gasteiger partial charge in [0.25, 0.3) is 0 Å². The van der Waals surface area contributed by atoms with E-state index in [1.165, 1.54) is 69.4 Å². The van der Waals surface area contributed by atoms with Gasteiger partial charge in [-0.25, -0.2) is 10.4 Å². The molecule has 0 atom stereocenters. The van der Waals surface area contributed by atoms with E-state index in [1.54, 1.807) is 0 Å². The minimum Gasteiger partial charge on any atom is -0.395 e. The summed E-state index contributed by atoms with van der Waals surface area (Å²) in [5.41, 5.74) is 8.43. The fraction of sp³-hybridized carbons (Fsp3) is 0.538. The topological polar surface area (TPSA) is 18.5 Å². The van der Waals surface area contributed by atoms with E-state index in [0.717, 1.165) is 35.9 Å². The van der Waals surface area contributed by atoms with Crippen molar-refractivity contribution in [3.05, 3.63) is 57.6 Å². The molecule has 2 aliphatic heterocycles. The van der Waals surface area contributed by atoms with Gasteiger partial charge in [-0.05, 0) is 67.2 Å². The van der Waals surface area contributed by atoms with Crippen molar-refractivity contribution in [1.82, 2.24) is 0 Å². The Balaban J connectivity index is 0.000000333. The Morgan fingerprint density at radius 3 is 1.00 bits per heavy atom. The minimum absolute atomic E-state index is 0. The first-order chi connectivity index (χ1) is 13.9. The largest absolute Gasteiger partial charge is 1.00 e. The van der Waals surface area contributed by atoms with E-state index in [1.807, 2.05) is 0 Å². The summed E-state index contributed by atoms with van der Waals surface area (Å²) in [6, 6.07) is 9.20. The Bertz CT molecular complexity index is 654. The van der Waals surface area contributed by atoms with Crippen molar-refractivity contribution in [1.29, 1.82) is 0 Å². The molecule has 2 heterocycles. The van der Waals surface area contributed by atoms with Crippen LogP contribution in [0.25, 0.3) is 0 Å². The second-order valence-corrected chi connectivity index (χ2v) is 9.56. The maximum Gasteiger partial charge on any atom is 1.00 e. The van der Waals surface area contributed by atoms with Gasteiger partial charge in [0.15, 0.2) is 0 Å². The van der Waals surface area contributed by atoms with Crippen molar-refractivity contribution in [2.24, 2.45) is 0 Å². The van der Waals surface area contributed by atoms with Gasteiger partial charge in [0.05, 0.1) is 0 Å². The van der Waals surface area contributed by atoms with Gasteiger partial charge in [0.2, 0.25) is 0 Å². The van der Waals surface area contributed by atoms with E-state index in [2.05, 4.69) is 65.8 Å². The van der Waals surface area contributed by atoms with Crippen molar-refractivity contribution in [2.75, 3.05) is 26.4 Å². The molecule has 30 heavy (non-hydrogen) atoms. The van der Waals surface area contributed by atoms with E-state index in [-0.39, 0.29) is 18.9 Å². The van der Waals surface area contributed by atoms with Crippen molar-refractivity contribution in [3.63, 3.8) is 0 Å². The minimum atomic E-state index is 0. The maximum atomic E-state index is 4.94. The van der Waals surface area contributed by atoms with Gasteiger partial charge < -0.3 is 19.0 Å². The van der Waals surface area contributed by atoms with E-state index in [0.29, 0.717) is 0 Å². The Morgan fingerprint density at radius 1 is 0.533 bits per heavy atom. The van der Waals surface area contributed by atoms with Crippen LogP contribution in [0.1, 0.15) is 59.1 Å². The predicted octanol–water partition coefficient (Wildman–Crippen LogP) is 1.79. The van der Waals surface area contributed by atoms with E-state index in [9.17, 15) is 0 Å². The number of aryl methyl sites for hydroxylation is 6. The molecule has 0 saturated carbocycles. The summed E-state index contributed by atoms with van der Waals surface area (Å²) >= 11 is 0. The summed E-state index contributed by atoms with van der Waals surface area (Å²) in [6.45, 7) is 17.3. The third-order valence-corrected chi connectivity index (χ3v) is 7.34. The van der Waals surface area contributed by atoms with Gasteiger partial charge in [-0.15, -0.1) is 0 Å². The zero-order chi connectivity index (χ0) is 21.2. The molecule has 1 radical (unpaired) electrons. The van der Waals surface area contributed by atoms with Crippen LogP contribution >= 0.6 is 0 Å². The van der Waals surface area contributed by atoms with Crippen LogP contribution in [0.3, 0.4) is 0 Å². The zero-order valence-electron chi connectivity index (χ0n) is 20.3. The average molecular weight is 418 g/mol. The molecule has 4 heteroatoms. The molecule has 0 N–H and O–H groups in total. The molecule has 4 rings (SSSR count). The smallest absolute Gasteiger partial charge is 0.395 e. The molecule has 0 bridgehead atoms. The van der Waals surface area contributed by atoms with Crippen LogP contribution in [-0.2, 0) is 9.47 Å². The summed E-state index contributed by atoms with van der Waals surface area (Å²) in [4.78, 5) is 0. The molecule has 0 amide bonds. The number of hydrogen-bond acceptors (Lipinski definition) is 2. The van der Waals surface area contributed by atoms with E-state index >= 15 is 0 Å². The SMILES string of the molecule is C1CCOC1.C1CCOC1.Cc1cc(C)c([Si-]c2c(C)cc(C)cc2C)c(C)c1.[Li+]. The van der Waals surface area contributed by atoms with Crippen LogP contribution in [0, 0.1) is 41.5 Å². The standard InChI is InChI=1S/C18H22Si.2C4H8O.Li/c1-11-7-13(3)17(14(4)8-11)19-18-15(5)9-12(2)10-16(18)6;2*1-2-4-5-3-1;/h7-10H,1-6H3;2*1-4H2;/q-1;;;+1. The van der Waals surface area contributed by atoms with Crippen LogP contribution in [0.2, 0.25) is 0 Å². The zero-order valence-corrected chi connectivity index (χ0v) is 21.3. The van der Waals surface area contributed by atoms with Crippen LogP contribution in [0.5, 0.6) is 0 Å². The fourth-order valence-corrected chi connectivity index (χ4v) is 5.23. The molecule has 2 saturated heterocycles. The van der Waals surface area contributed by atoms with Gasteiger partial charge in [0, 0.05) is 26.4 Å². The first-order valence-corrected chi connectivity index (χ1v) is 12.0. The second kappa shape index (κ2) is 14.3. The van der Waals surface area contributed by atoms with Gasteiger partial charge in [-0.3, -0.25) is 0 Å². The summed E-state index contributed by atoms with van der Waals surface area (Å²) < 4.78 is 9.89. The van der Waals surface area contributed by atoms with Crippen molar-refractivity contribution >= 4 is 19.9 Å². The van der Waals surface area contributed by atoms with Crippen molar-refractivity contribution in [3.8, 4) is 0 Å². The molecule has 2 aliphatic rings. The number of benzene rings is 2. The summed E-state index contributed by atoms with van der Waals surface area (Å²) in [5, 5.41) is 3.03. The van der Waals surface area contributed by atoms with Gasteiger partial charge in [-0.2, -0.15) is 0 Å². The Kier molecular flexibility index (Phi) is 12.9. The van der Waals surface area contributed by atoms with Gasteiger partial charge in [-0.1, -0.05) is 57.6 Å².